The minimum atomic E-state index is -0.341. The summed E-state index contributed by atoms with van der Waals surface area (Å²) in [6, 6.07) is 12.8. The Hall–Kier alpha value is -1.83. The van der Waals surface area contributed by atoms with Crippen LogP contribution in [0.25, 0.3) is 11.1 Å². The normalized spacial score (nSPS) is 10.3. The maximum absolute atomic E-state index is 13.7. The van der Waals surface area contributed by atoms with Crippen LogP contribution in [0.2, 0.25) is 0 Å². The number of nitrogen functional groups attached to an aromatic ring is 1. The highest BCUT2D eigenvalue weighted by atomic mass is 19.1. The number of nitrogens with two attached hydrogens (primary N) is 1. The molecule has 2 aromatic rings. The molecule has 0 amide bonds. The van der Waals surface area contributed by atoms with Crippen LogP contribution in [0.5, 0.6) is 0 Å². The van der Waals surface area contributed by atoms with Crippen LogP contribution < -0.4 is 5.73 Å². The molecule has 0 heterocycles. The van der Waals surface area contributed by atoms with Crippen LogP contribution in [-0.4, -0.2) is 0 Å². The first-order valence-electron chi connectivity index (χ1n) is 4.80. The number of anilines is 1. The van der Waals surface area contributed by atoms with E-state index in [0.29, 0.717) is 5.56 Å². The maximum Gasteiger partial charge on any atom is 0.153 e. The van der Waals surface area contributed by atoms with Crippen molar-refractivity contribution in [1.29, 1.82) is 0 Å². The first-order chi connectivity index (χ1) is 7.20. The van der Waals surface area contributed by atoms with E-state index in [4.69, 9.17) is 5.73 Å². The number of halogens is 1. The van der Waals surface area contributed by atoms with Crippen molar-refractivity contribution < 1.29 is 4.39 Å². The summed E-state index contributed by atoms with van der Waals surface area (Å²) < 4.78 is 13.7. The lowest BCUT2D eigenvalue weighted by Gasteiger charge is -2.08. The topological polar surface area (TPSA) is 26.0 Å². The fourth-order valence-electron chi connectivity index (χ4n) is 1.63. The van der Waals surface area contributed by atoms with Crippen molar-refractivity contribution >= 4 is 5.69 Å². The van der Waals surface area contributed by atoms with Crippen LogP contribution in [0, 0.1) is 12.7 Å². The zero-order valence-electron chi connectivity index (χ0n) is 8.50. The molecule has 2 rings (SSSR count). The number of hydrogen-bond donors (Lipinski definition) is 1. The first kappa shape index (κ1) is 9.71. The van der Waals surface area contributed by atoms with Gasteiger partial charge in [-0.1, -0.05) is 36.4 Å². The molecule has 0 bridgehead atoms. The van der Waals surface area contributed by atoms with Gasteiger partial charge in [0.15, 0.2) is 5.82 Å². The molecular formula is C13H12FN. The van der Waals surface area contributed by atoms with Crippen molar-refractivity contribution in [2.24, 2.45) is 0 Å². The van der Waals surface area contributed by atoms with E-state index in [-0.39, 0.29) is 11.5 Å². The monoisotopic (exact) mass is 201 g/mol. The van der Waals surface area contributed by atoms with Crippen LogP contribution >= 0.6 is 0 Å². The van der Waals surface area contributed by atoms with Crippen LogP contribution in [0.1, 0.15) is 5.56 Å². The highest BCUT2D eigenvalue weighted by Gasteiger charge is 2.08. The van der Waals surface area contributed by atoms with E-state index in [0.717, 1.165) is 11.1 Å². The van der Waals surface area contributed by atoms with Gasteiger partial charge in [-0.15, -0.1) is 0 Å². The van der Waals surface area contributed by atoms with Gasteiger partial charge < -0.3 is 5.73 Å². The number of hydrogen-bond acceptors (Lipinski definition) is 1. The zero-order chi connectivity index (χ0) is 10.8. The Morgan fingerprint density at radius 1 is 0.933 bits per heavy atom. The lowest BCUT2D eigenvalue weighted by atomic mass is 10.00. The molecule has 2 heteroatoms. The zero-order valence-corrected chi connectivity index (χ0v) is 8.50. The Kier molecular flexibility index (Phi) is 2.42. The standard InChI is InChI=1S/C13H12FN/c1-9-5-2-3-6-10(9)11-7-4-8-12(15)13(11)14/h2-8H,15H2,1H3. The Morgan fingerprint density at radius 2 is 1.60 bits per heavy atom. The van der Waals surface area contributed by atoms with Gasteiger partial charge in [0, 0.05) is 5.56 Å². The molecule has 0 radical (unpaired) electrons. The molecule has 0 aliphatic carbocycles. The summed E-state index contributed by atoms with van der Waals surface area (Å²) >= 11 is 0. The summed E-state index contributed by atoms with van der Waals surface area (Å²) in [7, 11) is 0. The van der Waals surface area contributed by atoms with Gasteiger partial charge in [-0.25, -0.2) is 4.39 Å². The molecular weight excluding hydrogens is 189 g/mol. The predicted molar refractivity (Wildman–Crippen MR) is 61.0 cm³/mol. The fourth-order valence-corrected chi connectivity index (χ4v) is 1.63. The highest BCUT2D eigenvalue weighted by molar-refractivity contribution is 5.71. The second-order valence-corrected chi connectivity index (χ2v) is 3.52. The van der Waals surface area contributed by atoms with Gasteiger partial charge in [0.05, 0.1) is 5.69 Å². The van der Waals surface area contributed by atoms with Crippen LogP contribution in [0.4, 0.5) is 10.1 Å². The Bertz CT molecular complexity index is 492. The molecule has 15 heavy (non-hydrogen) atoms. The Morgan fingerprint density at radius 3 is 2.33 bits per heavy atom. The van der Waals surface area contributed by atoms with Crippen molar-refractivity contribution in [2.75, 3.05) is 5.73 Å². The molecule has 0 saturated carbocycles. The van der Waals surface area contributed by atoms with E-state index < -0.39 is 0 Å². The third kappa shape index (κ3) is 1.71. The number of rotatable bonds is 1. The summed E-state index contributed by atoms with van der Waals surface area (Å²) in [5.41, 5.74) is 8.22. The predicted octanol–water partition coefficient (Wildman–Crippen LogP) is 3.38. The van der Waals surface area contributed by atoms with Gasteiger partial charge in [0.25, 0.3) is 0 Å². The summed E-state index contributed by atoms with van der Waals surface area (Å²) in [6.07, 6.45) is 0. The van der Waals surface area contributed by atoms with E-state index in [9.17, 15) is 4.39 Å². The molecule has 0 aromatic heterocycles. The third-order valence-electron chi connectivity index (χ3n) is 2.46. The van der Waals surface area contributed by atoms with Crippen molar-refractivity contribution in [3.8, 4) is 11.1 Å². The molecule has 0 atom stereocenters. The van der Waals surface area contributed by atoms with Gasteiger partial charge in [-0.05, 0) is 24.1 Å². The molecule has 2 aromatic carbocycles. The van der Waals surface area contributed by atoms with Gasteiger partial charge in [0.2, 0.25) is 0 Å². The molecule has 0 aliphatic rings. The SMILES string of the molecule is Cc1ccccc1-c1cccc(N)c1F. The van der Waals surface area contributed by atoms with Crippen molar-refractivity contribution in [3.05, 3.63) is 53.8 Å². The second-order valence-electron chi connectivity index (χ2n) is 3.52. The molecule has 0 saturated heterocycles. The fraction of sp³-hybridized carbons (Fsp3) is 0.0769. The largest absolute Gasteiger partial charge is 0.396 e. The molecule has 76 valence electrons. The van der Waals surface area contributed by atoms with Gasteiger partial charge in [-0.2, -0.15) is 0 Å². The average molecular weight is 201 g/mol. The van der Waals surface area contributed by atoms with Gasteiger partial charge in [-0.3, -0.25) is 0 Å². The lowest BCUT2D eigenvalue weighted by Crippen LogP contribution is -1.94. The smallest absolute Gasteiger partial charge is 0.153 e. The minimum absolute atomic E-state index is 0.191. The van der Waals surface area contributed by atoms with Crippen molar-refractivity contribution in [1.82, 2.24) is 0 Å². The molecule has 0 aliphatic heterocycles. The van der Waals surface area contributed by atoms with E-state index in [1.165, 1.54) is 0 Å². The van der Waals surface area contributed by atoms with Crippen LogP contribution in [0.15, 0.2) is 42.5 Å². The molecule has 0 fully saturated rings. The lowest BCUT2D eigenvalue weighted by molar-refractivity contribution is 0.636. The minimum Gasteiger partial charge on any atom is -0.396 e. The summed E-state index contributed by atoms with van der Waals surface area (Å²) in [5.74, 6) is -0.341. The van der Waals surface area contributed by atoms with E-state index in [2.05, 4.69) is 0 Å². The number of benzene rings is 2. The van der Waals surface area contributed by atoms with Gasteiger partial charge >= 0.3 is 0 Å². The quantitative estimate of drug-likeness (QED) is 0.703. The second kappa shape index (κ2) is 3.73. The Labute approximate surface area is 88.4 Å². The van der Waals surface area contributed by atoms with E-state index in [1.54, 1.807) is 18.2 Å². The van der Waals surface area contributed by atoms with Crippen molar-refractivity contribution in [2.45, 2.75) is 6.92 Å². The molecule has 1 nitrogen and oxygen atoms in total. The van der Waals surface area contributed by atoms with Crippen LogP contribution in [0.3, 0.4) is 0 Å². The van der Waals surface area contributed by atoms with Crippen molar-refractivity contribution in [3.63, 3.8) is 0 Å². The van der Waals surface area contributed by atoms with Gasteiger partial charge in [0.1, 0.15) is 0 Å². The summed E-state index contributed by atoms with van der Waals surface area (Å²) in [5, 5.41) is 0. The van der Waals surface area contributed by atoms with E-state index in [1.807, 2.05) is 31.2 Å². The molecule has 0 unspecified atom stereocenters. The number of aryl methyl sites for hydroxylation is 1. The summed E-state index contributed by atoms with van der Waals surface area (Å²) in [6.45, 7) is 1.96. The third-order valence-corrected chi connectivity index (χ3v) is 2.46. The van der Waals surface area contributed by atoms with Crippen LogP contribution in [-0.2, 0) is 0 Å². The van der Waals surface area contributed by atoms with E-state index >= 15 is 0 Å². The summed E-state index contributed by atoms with van der Waals surface area (Å²) in [4.78, 5) is 0. The average Bonchev–Trinajstić information content (AvgIpc) is 2.23. The first-order valence-corrected chi connectivity index (χ1v) is 4.80. The highest BCUT2D eigenvalue weighted by Crippen LogP contribution is 2.28. The maximum atomic E-state index is 13.7. The Balaban J connectivity index is 2.65. The molecule has 2 N–H and O–H groups in total. The molecule has 0 spiro atoms.